The SMILES string of the molecule is Cc1cc(C(=O)Cc2ccccc2[N+](=O)[O-])sc1C. The van der Waals surface area contributed by atoms with Gasteiger partial charge in [0, 0.05) is 22.9 Å². The molecule has 1 aromatic carbocycles. The van der Waals surface area contributed by atoms with Gasteiger partial charge in [-0.1, -0.05) is 18.2 Å². The Morgan fingerprint density at radius 1 is 1.32 bits per heavy atom. The lowest BCUT2D eigenvalue weighted by Gasteiger charge is -2.00. The Morgan fingerprint density at radius 3 is 2.58 bits per heavy atom. The average Bonchev–Trinajstić information content (AvgIpc) is 2.70. The number of Topliss-reactive ketones (excluding diaryl/α,β-unsaturated/α-hetero) is 1. The predicted octanol–water partition coefficient (Wildman–Crippen LogP) is 3.70. The van der Waals surface area contributed by atoms with Crippen LogP contribution in [0.25, 0.3) is 0 Å². The topological polar surface area (TPSA) is 60.2 Å². The highest BCUT2D eigenvalue weighted by atomic mass is 32.1. The number of ketones is 1. The van der Waals surface area contributed by atoms with Crippen molar-refractivity contribution in [3.8, 4) is 0 Å². The minimum atomic E-state index is -0.451. The van der Waals surface area contributed by atoms with Gasteiger partial charge >= 0.3 is 0 Å². The van der Waals surface area contributed by atoms with E-state index in [1.54, 1.807) is 18.2 Å². The molecule has 2 rings (SSSR count). The number of rotatable bonds is 4. The van der Waals surface area contributed by atoms with E-state index in [1.807, 2.05) is 19.9 Å². The van der Waals surface area contributed by atoms with Crippen LogP contribution in [0.5, 0.6) is 0 Å². The van der Waals surface area contributed by atoms with Gasteiger partial charge in [-0.15, -0.1) is 11.3 Å². The van der Waals surface area contributed by atoms with E-state index in [-0.39, 0.29) is 17.9 Å². The van der Waals surface area contributed by atoms with Crippen LogP contribution in [-0.4, -0.2) is 10.7 Å². The van der Waals surface area contributed by atoms with Crippen molar-refractivity contribution in [2.24, 2.45) is 0 Å². The number of benzene rings is 1. The van der Waals surface area contributed by atoms with Crippen molar-refractivity contribution in [1.82, 2.24) is 0 Å². The highest BCUT2D eigenvalue weighted by Gasteiger charge is 2.17. The summed E-state index contributed by atoms with van der Waals surface area (Å²) in [5, 5.41) is 10.9. The molecule has 0 unspecified atom stereocenters. The molecule has 0 spiro atoms. The summed E-state index contributed by atoms with van der Waals surface area (Å²) < 4.78 is 0. The van der Waals surface area contributed by atoms with Gasteiger partial charge in [-0.25, -0.2) is 0 Å². The molecule has 0 bridgehead atoms. The average molecular weight is 275 g/mol. The highest BCUT2D eigenvalue weighted by molar-refractivity contribution is 7.14. The summed E-state index contributed by atoms with van der Waals surface area (Å²) >= 11 is 1.44. The zero-order chi connectivity index (χ0) is 14.0. The van der Waals surface area contributed by atoms with E-state index < -0.39 is 4.92 Å². The van der Waals surface area contributed by atoms with Crippen LogP contribution in [0.3, 0.4) is 0 Å². The first kappa shape index (κ1) is 13.4. The Labute approximate surface area is 114 Å². The van der Waals surface area contributed by atoms with Crippen molar-refractivity contribution in [2.75, 3.05) is 0 Å². The Hall–Kier alpha value is -2.01. The van der Waals surface area contributed by atoms with Crippen LogP contribution in [0.2, 0.25) is 0 Å². The zero-order valence-corrected chi connectivity index (χ0v) is 11.5. The lowest BCUT2D eigenvalue weighted by molar-refractivity contribution is -0.385. The van der Waals surface area contributed by atoms with Crippen molar-refractivity contribution in [1.29, 1.82) is 0 Å². The van der Waals surface area contributed by atoms with E-state index in [0.29, 0.717) is 10.4 Å². The number of carbonyl (C=O) groups is 1. The van der Waals surface area contributed by atoms with E-state index in [0.717, 1.165) is 10.4 Å². The van der Waals surface area contributed by atoms with Crippen LogP contribution >= 0.6 is 11.3 Å². The highest BCUT2D eigenvalue weighted by Crippen LogP contribution is 2.24. The maximum absolute atomic E-state index is 12.1. The molecule has 0 amide bonds. The normalized spacial score (nSPS) is 10.4. The van der Waals surface area contributed by atoms with Crippen molar-refractivity contribution in [3.05, 3.63) is 61.3 Å². The molecule has 0 N–H and O–H groups in total. The maximum atomic E-state index is 12.1. The van der Waals surface area contributed by atoms with E-state index in [2.05, 4.69) is 0 Å². The second kappa shape index (κ2) is 5.32. The molecule has 1 aromatic heterocycles. The smallest absolute Gasteiger partial charge is 0.273 e. The molecule has 0 aliphatic carbocycles. The first-order chi connectivity index (χ1) is 8.99. The molecule has 0 atom stereocenters. The third-order valence-corrected chi connectivity index (χ3v) is 4.17. The van der Waals surface area contributed by atoms with Gasteiger partial charge in [0.25, 0.3) is 5.69 Å². The van der Waals surface area contributed by atoms with E-state index in [9.17, 15) is 14.9 Å². The summed E-state index contributed by atoms with van der Waals surface area (Å²) in [6.45, 7) is 3.91. The van der Waals surface area contributed by atoms with Gasteiger partial charge in [0.05, 0.1) is 9.80 Å². The van der Waals surface area contributed by atoms with Gasteiger partial charge in [0.2, 0.25) is 0 Å². The number of thiophene rings is 1. The van der Waals surface area contributed by atoms with Crippen molar-refractivity contribution < 1.29 is 9.72 Å². The maximum Gasteiger partial charge on any atom is 0.273 e. The van der Waals surface area contributed by atoms with Gasteiger partial charge in [0.15, 0.2) is 5.78 Å². The number of hydrogen-bond acceptors (Lipinski definition) is 4. The quantitative estimate of drug-likeness (QED) is 0.485. The Kier molecular flexibility index (Phi) is 3.76. The van der Waals surface area contributed by atoms with Crippen molar-refractivity contribution in [2.45, 2.75) is 20.3 Å². The molecule has 1 heterocycles. The number of nitrogens with zero attached hydrogens (tertiary/aromatic N) is 1. The molecule has 0 aliphatic rings. The second-order valence-electron chi connectivity index (χ2n) is 4.34. The summed E-state index contributed by atoms with van der Waals surface area (Å²) in [7, 11) is 0. The number of nitro benzene ring substituents is 1. The summed E-state index contributed by atoms with van der Waals surface area (Å²) in [6.07, 6.45) is 0.0660. The van der Waals surface area contributed by atoms with Crippen LogP contribution in [0.1, 0.15) is 25.7 Å². The number of carbonyl (C=O) groups excluding carboxylic acids is 1. The van der Waals surface area contributed by atoms with Crippen molar-refractivity contribution >= 4 is 22.8 Å². The third kappa shape index (κ3) is 2.88. The standard InChI is InChI=1S/C14H13NO3S/c1-9-7-14(19-10(9)2)13(16)8-11-5-3-4-6-12(11)15(17)18/h3-7H,8H2,1-2H3. The Balaban J connectivity index is 2.26. The van der Waals surface area contributed by atoms with Crippen LogP contribution in [-0.2, 0) is 6.42 Å². The van der Waals surface area contributed by atoms with Crippen LogP contribution in [0, 0.1) is 24.0 Å². The predicted molar refractivity (Wildman–Crippen MR) is 74.9 cm³/mol. The number of hydrogen-bond donors (Lipinski definition) is 0. The first-order valence-electron chi connectivity index (χ1n) is 5.81. The van der Waals surface area contributed by atoms with Gasteiger partial charge in [-0.2, -0.15) is 0 Å². The molecule has 0 radical (unpaired) electrons. The molecular weight excluding hydrogens is 262 g/mol. The molecule has 4 nitrogen and oxygen atoms in total. The van der Waals surface area contributed by atoms with E-state index >= 15 is 0 Å². The Bertz CT molecular complexity index is 626. The van der Waals surface area contributed by atoms with E-state index in [1.165, 1.54) is 17.4 Å². The first-order valence-corrected chi connectivity index (χ1v) is 6.63. The van der Waals surface area contributed by atoms with Crippen LogP contribution in [0.4, 0.5) is 5.69 Å². The monoisotopic (exact) mass is 275 g/mol. The number of para-hydroxylation sites is 1. The van der Waals surface area contributed by atoms with Crippen molar-refractivity contribution in [3.63, 3.8) is 0 Å². The molecule has 2 aromatic rings. The van der Waals surface area contributed by atoms with Gasteiger partial charge in [-0.05, 0) is 25.5 Å². The lowest BCUT2D eigenvalue weighted by Crippen LogP contribution is -2.04. The summed E-state index contributed by atoms with van der Waals surface area (Å²) in [6, 6.07) is 8.21. The van der Waals surface area contributed by atoms with Gasteiger partial charge in [-0.3, -0.25) is 14.9 Å². The fourth-order valence-corrected chi connectivity index (χ4v) is 2.78. The summed E-state index contributed by atoms with van der Waals surface area (Å²) in [5.41, 5.74) is 1.54. The zero-order valence-electron chi connectivity index (χ0n) is 10.7. The third-order valence-electron chi connectivity index (χ3n) is 2.98. The second-order valence-corrected chi connectivity index (χ2v) is 5.59. The molecule has 19 heavy (non-hydrogen) atoms. The summed E-state index contributed by atoms with van der Waals surface area (Å²) in [5.74, 6) is -0.0736. The van der Waals surface area contributed by atoms with Gasteiger partial charge in [0.1, 0.15) is 0 Å². The molecule has 98 valence electrons. The molecule has 0 fully saturated rings. The fraction of sp³-hybridized carbons (Fsp3) is 0.214. The lowest BCUT2D eigenvalue weighted by atomic mass is 10.1. The fourth-order valence-electron chi connectivity index (χ4n) is 1.81. The largest absolute Gasteiger partial charge is 0.293 e. The van der Waals surface area contributed by atoms with E-state index in [4.69, 9.17) is 0 Å². The minimum absolute atomic E-state index is 0.000787. The summed E-state index contributed by atoms with van der Waals surface area (Å²) in [4.78, 5) is 24.3. The number of aryl methyl sites for hydroxylation is 2. The molecule has 5 heteroatoms. The van der Waals surface area contributed by atoms with Crippen LogP contribution < -0.4 is 0 Å². The molecular formula is C14H13NO3S. The molecule has 0 saturated carbocycles. The van der Waals surface area contributed by atoms with Crippen LogP contribution in [0.15, 0.2) is 30.3 Å². The Morgan fingerprint density at radius 2 is 2.00 bits per heavy atom. The molecule has 0 saturated heterocycles. The van der Waals surface area contributed by atoms with Gasteiger partial charge < -0.3 is 0 Å². The number of nitro groups is 1. The molecule has 0 aliphatic heterocycles. The minimum Gasteiger partial charge on any atom is -0.293 e.